The summed E-state index contributed by atoms with van der Waals surface area (Å²) in [5.41, 5.74) is 2.34. The standard InChI is InChI=1S/C66H66O16Si/c1-83(2,3)40-39-73-65-58(80-63(70)50-35-21-9-22-36-50)56(74-42-46-27-13-5-14-28-46)54(52(76-65)43-72-41-45-25-11-4-12-26-45)82-66-59(81-64(71)51-37-23-10-24-38-51)57(79-62(69)49-33-19-8-20-34-49)55(78-61(68)48-31-17-7-18-32-48)53(77-66)44-75-60(67)47-29-15-6-16-30-47/h4-38,52-59,65-66H,39-44H2,1-3H3/t52-,53-,54-,55+,56+,57+,58-,59-,65-,66+/m1/s1. The van der Waals surface area contributed by atoms with Gasteiger partial charge in [-0.25, -0.2) is 24.0 Å². The molecule has 16 nitrogen and oxygen atoms in total. The maximum atomic E-state index is 14.7. The predicted octanol–water partition coefficient (Wildman–Crippen LogP) is 10.7. The lowest BCUT2D eigenvalue weighted by Crippen LogP contribution is -2.67. The zero-order valence-electron chi connectivity index (χ0n) is 46.3. The third kappa shape index (κ3) is 16.8. The summed E-state index contributed by atoms with van der Waals surface area (Å²) in [6.07, 6.45) is -15.1. The van der Waals surface area contributed by atoms with Crippen LogP contribution in [0, 0.1) is 0 Å². The number of carbonyl (C=O) groups is 5. The minimum atomic E-state index is -1.83. The largest absolute Gasteiger partial charge is 0.459 e. The van der Waals surface area contributed by atoms with Gasteiger partial charge in [-0.1, -0.05) is 171 Å². The molecule has 83 heavy (non-hydrogen) atoms. The van der Waals surface area contributed by atoms with Gasteiger partial charge in [0, 0.05) is 14.7 Å². The molecular formula is C66H66O16Si. The average molecular weight is 1140 g/mol. The first-order chi connectivity index (χ1) is 40.4. The van der Waals surface area contributed by atoms with Crippen molar-refractivity contribution in [2.75, 3.05) is 19.8 Å². The molecule has 2 aliphatic heterocycles. The second kappa shape index (κ2) is 29.2. The minimum absolute atomic E-state index is 0.0468. The van der Waals surface area contributed by atoms with Gasteiger partial charge in [-0.15, -0.1) is 0 Å². The highest BCUT2D eigenvalue weighted by atomic mass is 28.3. The van der Waals surface area contributed by atoms with Gasteiger partial charge in [-0.2, -0.15) is 0 Å². The summed E-state index contributed by atoms with van der Waals surface area (Å²) in [7, 11) is -1.73. The molecule has 0 aliphatic carbocycles. The minimum Gasteiger partial charge on any atom is -0.459 e. The Morgan fingerprint density at radius 3 is 1.18 bits per heavy atom. The monoisotopic (exact) mass is 1140 g/mol. The van der Waals surface area contributed by atoms with E-state index in [1.165, 1.54) is 36.4 Å². The molecule has 0 N–H and O–H groups in total. The highest BCUT2D eigenvalue weighted by Gasteiger charge is 2.58. The number of carbonyl (C=O) groups excluding carboxylic acids is 5. The smallest absolute Gasteiger partial charge is 0.338 e. The zero-order chi connectivity index (χ0) is 58.0. The first kappa shape index (κ1) is 59.5. The fourth-order valence-electron chi connectivity index (χ4n) is 9.30. The van der Waals surface area contributed by atoms with Crippen LogP contribution >= 0.6 is 0 Å². The van der Waals surface area contributed by atoms with Gasteiger partial charge in [0.2, 0.25) is 0 Å². The highest BCUT2D eigenvalue weighted by Crippen LogP contribution is 2.37. The molecule has 9 rings (SSSR count). The Kier molecular flexibility index (Phi) is 20.9. The van der Waals surface area contributed by atoms with E-state index in [2.05, 4.69) is 19.6 Å². The maximum absolute atomic E-state index is 14.7. The molecule has 17 heteroatoms. The molecule has 2 fully saturated rings. The van der Waals surface area contributed by atoms with Crippen LogP contribution in [0.3, 0.4) is 0 Å². The maximum Gasteiger partial charge on any atom is 0.338 e. The van der Waals surface area contributed by atoms with E-state index in [0.717, 1.165) is 17.2 Å². The van der Waals surface area contributed by atoms with Crippen LogP contribution in [0.5, 0.6) is 0 Å². The van der Waals surface area contributed by atoms with Gasteiger partial charge in [-0.05, 0) is 77.8 Å². The van der Waals surface area contributed by atoms with Crippen molar-refractivity contribution >= 4 is 37.9 Å². The summed E-state index contributed by atoms with van der Waals surface area (Å²) in [6, 6.07) is 60.3. The molecule has 7 aromatic carbocycles. The summed E-state index contributed by atoms with van der Waals surface area (Å²) in [4.78, 5) is 71.9. The van der Waals surface area contributed by atoms with Crippen molar-refractivity contribution in [3.8, 4) is 0 Å². The number of rotatable bonds is 24. The first-order valence-corrected chi connectivity index (χ1v) is 31.2. The second-order valence-corrected chi connectivity index (χ2v) is 26.7. The first-order valence-electron chi connectivity index (χ1n) is 27.5. The third-order valence-electron chi connectivity index (χ3n) is 13.7. The SMILES string of the molecule is C[Si](C)(C)CCO[C@@H]1O[C@H](COCc2ccccc2)[C@@H](O[C@@H]2O[C@H](COC(=O)c3ccccc3)[C@H](OC(=O)c3ccccc3)[C@H](OC(=O)c3ccccc3)[C@H]2OC(=O)c2ccccc2)[C@H](OCc2ccccc2)[C@H]1OC(=O)c1ccccc1. The van der Waals surface area contributed by atoms with E-state index in [9.17, 15) is 24.0 Å². The Hall–Kier alpha value is -8.13. The Morgan fingerprint density at radius 1 is 0.373 bits per heavy atom. The fourth-order valence-corrected chi connectivity index (χ4v) is 10.0. The van der Waals surface area contributed by atoms with Crippen LogP contribution < -0.4 is 0 Å². The van der Waals surface area contributed by atoms with Gasteiger partial charge >= 0.3 is 29.8 Å². The van der Waals surface area contributed by atoms with E-state index in [1.807, 2.05) is 60.7 Å². The molecule has 0 aromatic heterocycles. The predicted molar refractivity (Wildman–Crippen MR) is 307 cm³/mol. The van der Waals surface area contributed by atoms with Crippen molar-refractivity contribution in [1.29, 1.82) is 0 Å². The average Bonchev–Trinajstić information content (AvgIpc) is 2.88. The quantitative estimate of drug-likeness (QED) is 0.0316. The van der Waals surface area contributed by atoms with Crippen LogP contribution in [0.4, 0.5) is 0 Å². The van der Waals surface area contributed by atoms with Crippen LogP contribution in [0.2, 0.25) is 25.7 Å². The summed E-state index contributed by atoms with van der Waals surface area (Å²) >= 11 is 0. The molecule has 0 spiro atoms. The molecule has 10 atom stereocenters. The molecule has 2 aliphatic rings. The second-order valence-electron chi connectivity index (χ2n) is 21.0. The van der Waals surface area contributed by atoms with Crippen molar-refractivity contribution in [2.45, 2.75) is 100 Å². The topological polar surface area (TPSA) is 187 Å². The molecule has 7 aromatic rings. The molecule has 0 unspecified atom stereocenters. The van der Waals surface area contributed by atoms with Crippen molar-refractivity contribution in [2.24, 2.45) is 0 Å². The van der Waals surface area contributed by atoms with Gasteiger partial charge in [0.15, 0.2) is 37.0 Å². The number of esters is 5. The van der Waals surface area contributed by atoms with Gasteiger partial charge < -0.3 is 52.1 Å². The van der Waals surface area contributed by atoms with Gasteiger partial charge in [0.05, 0.1) is 47.6 Å². The molecule has 430 valence electrons. The highest BCUT2D eigenvalue weighted by molar-refractivity contribution is 6.76. The molecule has 0 bridgehead atoms. The lowest BCUT2D eigenvalue weighted by molar-refractivity contribution is -0.362. The normalized spacial score (nSPS) is 22.3. The van der Waals surface area contributed by atoms with Crippen molar-refractivity contribution < 1.29 is 76.1 Å². The van der Waals surface area contributed by atoms with Crippen molar-refractivity contribution in [3.63, 3.8) is 0 Å². The Morgan fingerprint density at radius 2 is 0.735 bits per heavy atom. The van der Waals surface area contributed by atoms with Gasteiger partial charge in [-0.3, -0.25) is 0 Å². The van der Waals surface area contributed by atoms with Crippen LogP contribution in [0.1, 0.15) is 62.9 Å². The van der Waals surface area contributed by atoms with E-state index < -0.39 is 106 Å². The van der Waals surface area contributed by atoms with Crippen LogP contribution in [-0.4, -0.2) is 119 Å². The number of hydrogen-bond acceptors (Lipinski definition) is 16. The van der Waals surface area contributed by atoms with Crippen LogP contribution in [0.25, 0.3) is 0 Å². The Labute approximate surface area is 483 Å². The lowest BCUT2D eigenvalue weighted by atomic mass is 9.95. The van der Waals surface area contributed by atoms with Gasteiger partial charge in [0.25, 0.3) is 0 Å². The van der Waals surface area contributed by atoms with E-state index >= 15 is 0 Å². The fraction of sp³-hybridized carbons (Fsp3) is 0.288. The van der Waals surface area contributed by atoms with Crippen molar-refractivity contribution in [1.82, 2.24) is 0 Å². The number of benzene rings is 7. The summed E-state index contributed by atoms with van der Waals surface area (Å²) < 4.78 is 72.8. The van der Waals surface area contributed by atoms with Gasteiger partial charge in [0.1, 0.15) is 31.0 Å². The van der Waals surface area contributed by atoms with E-state index in [4.69, 9.17) is 52.1 Å². The molecule has 0 amide bonds. The summed E-state index contributed by atoms with van der Waals surface area (Å²) in [5.74, 6) is -4.16. The van der Waals surface area contributed by atoms with Crippen LogP contribution in [-0.2, 0) is 65.3 Å². The Balaban J connectivity index is 1.19. The molecule has 2 saturated heterocycles. The summed E-state index contributed by atoms with van der Waals surface area (Å²) in [6.45, 7) is 6.14. The zero-order valence-corrected chi connectivity index (χ0v) is 47.3. The van der Waals surface area contributed by atoms with E-state index in [1.54, 1.807) is 115 Å². The van der Waals surface area contributed by atoms with Crippen LogP contribution in [0.15, 0.2) is 212 Å². The molecular weight excluding hydrogens is 1080 g/mol. The van der Waals surface area contributed by atoms with Crippen molar-refractivity contribution in [3.05, 3.63) is 251 Å². The number of hydrogen-bond donors (Lipinski definition) is 0. The Bertz CT molecular complexity index is 3150. The number of ether oxygens (including phenoxy) is 11. The third-order valence-corrected chi connectivity index (χ3v) is 15.4. The lowest BCUT2D eigenvalue weighted by Gasteiger charge is -2.49. The summed E-state index contributed by atoms with van der Waals surface area (Å²) in [5, 5.41) is 0. The molecule has 2 heterocycles. The molecule has 0 saturated carbocycles. The van der Waals surface area contributed by atoms with E-state index in [-0.39, 0.29) is 54.2 Å². The molecule has 0 radical (unpaired) electrons. The van der Waals surface area contributed by atoms with E-state index in [0.29, 0.717) is 0 Å².